The van der Waals surface area contributed by atoms with E-state index in [0.29, 0.717) is 12.4 Å². The molecule has 0 aliphatic carbocycles. The van der Waals surface area contributed by atoms with E-state index in [4.69, 9.17) is 0 Å². The first-order chi connectivity index (χ1) is 11.4. The van der Waals surface area contributed by atoms with Gasteiger partial charge in [-0.15, -0.1) is 11.6 Å². The molecule has 0 aliphatic heterocycles. The molecule has 0 saturated heterocycles. The summed E-state index contributed by atoms with van der Waals surface area (Å²) in [7, 11) is 3.69. The topological polar surface area (TPSA) is 68.3 Å². The van der Waals surface area contributed by atoms with E-state index in [2.05, 4.69) is 29.2 Å². The van der Waals surface area contributed by atoms with Crippen LogP contribution in [0.15, 0.2) is 18.3 Å². The molecule has 1 amide bonds. The number of aryl methyl sites for hydroxylation is 2. The monoisotopic (exact) mass is 424 g/mol. The predicted octanol–water partition coefficient (Wildman–Crippen LogP) is 1.45. The summed E-state index contributed by atoms with van der Waals surface area (Å²) in [5.74, 6) is 0.608. The smallest absolute Gasteiger partial charge is 0.195 e. The van der Waals surface area contributed by atoms with Crippen LogP contribution in [-0.2, 0) is 43.9 Å². The molecule has 4 radical (unpaired) electrons. The molecule has 0 aromatic carbocycles. The molecule has 3 aromatic rings. The van der Waals surface area contributed by atoms with Gasteiger partial charge in [0.25, 0.3) is 0 Å². The number of rotatable bonds is 4. The van der Waals surface area contributed by atoms with Crippen molar-refractivity contribution < 1.29 is 37.5 Å². The molecule has 0 bridgehead atoms. The number of nitrogens with zero attached hydrogens (tertiary/aromatic N) is 6. The summed E-state index contributed by atoms with van der Waals surface area (Å²) >= 11 is 0. The number of aromatic nitrogens is 5. The molecule has 3 rings (SSSR count). The molecule has 26 heavy (non-hydrogen) atoms. The summed E-state index contributed by atoms with van der Waals surface area (Å²) < 4.78 is 3.53. The Morgan fingerprint density at radius 3 is 2.58 bits per heavy atom. The van der Waals surface area contributed by atoms with E-state index in [1.54, 1.807) is 15.4 Å². The zero-order chi connectivity index (χ0) is 17.4. The Hall–Kier alpha value is -1.53. The number of amides is 1. The van der Waals surface area contributed by atoms with Gasteiger partial charge >= 0.3 is 0 Å². The van der Waals surface area contributed by atoms with Crippen LogP contribution in [0.4, 0.5) is 0 Å². The maximum Gasteiger partial charge on any atom is 0.195 e. The molecule has 3 heterocycles. The second-order valence-electron chi connectivity index (χ2n) is 5.76. The molecule has 0 aliphatic rings. The fourth-order valence-corrected chi connectivity index (χ4v) is 2.63. The third-order valence-corrected chi connectivity index (χ3v) is 4.13. The standard InChI is InChI=1S/C17H20N6O.B.Y/c1-6-21(5)17(24)9-14-12(3)19-23(13(14)4)16-8-7-15-18-10-11(2)22(15)20-16;;/h7-8,10H,1,5-6,9H2,2-4H3;;/q-2;;. The van der Waals surface area contributed by atoms with Crippen molar-refractivity contribution >= 4 is 20.0 Å². The summed E-state index contributed by atoms with van der Waals surface area (Å²) in [6.07, 6.45) is 2.03. The van der Waals surface area contributed by atoms with E-state index in [-0.39, 0.29) is 53.5 Å². The fraction of sp³-hybridized carbons (Fsp3) is 0.294. The molecule has 0 N–H and O–H groups in total. The van der Waals surface area contributed by atoms with Crippen LogP contribution < -0.4 is 0 Å². The maximum atomic E-state index is 12.1. The van der Waals surface area contributed by atoms with Gasteiger partial charge < -0.3 is 11.8 Å². The first-order valence-corrected chi connectivity index (χ1v) is 7.69. The quantitative estimate of drug-likeness (QED) is 0.470. The van der Waals surface area contributed by atoms with Crippen molar-refractivity contribution in [3.8, 4) is 5.82 Å². The molecule has 3 aromatic heterocycles. The molecule has 0 spiro atoms. The molecule has 9 heteroatoms. The van der Waals surface area contributed by atoms with Crippen molar-refractivity contribution in [3.63, 3.8) is 0 Å². The average molecular weight is 424 g/mol. The average Bonchev–Trinajstić information content (AvgIpc) is 3.08. The maximum absolute atomic E-state index is 12.1. The number of fused-ring (bicyclic) bond motifs is 1. The van der Waals surface area contributed by atoms with Crippen LogP contribution in [0.5, 0.6) is 0 Å². The Morgan fingerprint density at radius 2 is 1.92 bits per heavy atom. The number of carbonyl (C=O) groups excluding carboxylic acids is 1. The van der Waals surface area contributed by atoms with Crippen molar-refractivity contribution in [3.05, 3.63) is 54.9 Å². The van der Waals surface area contributed by atoms with E-state index in [1.165, 1.54) is 4.90 Å². The minimum Gasteiger partial charge on any atom is -0.521 e. The molecular formula is C17H20BN6OY-2. The fourth-order valence-electron chi connectivity index (χ4n) is 2.63. The Bertz CT molecular complexity index is 920. The van der Waals surface area contributed by atoms with Crippen LogP contribution in [0.3, 0.4) is 0 Å². The van der Waals surface area contributed by atoms with Crippen molar-refractivity contribution in [2.24, 2.45) is 0 Å². The van der Waals surface area contributed by atoms with Gasteiger partial charge in [0.05, 0.1) is 24.0 Å². The second kappa shape index (κ2) is 8.91. The molecule has 0 unspecified atom stereocenters. The van der Waals surface area contributed by atoms with Crippen LogP contribution in [0.1, 0.15) is 22.6 Å². The van der Waals surface area contributed by atoms with Gasteiger partial charge in [-0.2, -0.15) is 5.10 Å². The van der Waals surface area contributed by atoms with Crippen molar-refractivity contribution in [1.82, 2.24) is 29.3 Å². The van der Waals surface area contributed by atoms with Crippen molar-refractivity contribution in [2.75, 3.05) is 6.54 Å². The molecule has 0 saturated carbocycles. The Kier molecular flexibility index (Phi) is 7.71. The van der Waals surface area contributed by atoms with Crippen molar-refractivity contribution in [2.45, 2.75) is 27.2 Å². The van der Waals surface area contributed by atoms with E-state index in [1.807, 2.05) is 32.9 Å². The van der Waals surface area contributed by atoms with Gasteiger partial charge in [-0.05, 0) is 32.9 Å². The van der Waals surface area contributed by atoms with E-state index in [9.17, 15) is 4.79 Å². The summed E-state index contributed by atoms with van der Waals surface area (Å²) in [6, 6.07) is 3.77. The third kappa shape index (κ3) is 4.07. The zero-order valence-electron chi connectivity index (χ0n) is 15.3. The van der Waals surface area contributed by atoms with E-state index < -0.39 is 0 Å². The second-order valence-corrected chi connectivity index (χ2v) is 5.76. The molecule has 7 nitrogen and oxygen atoms in total. The van der Waals surface area contributed by atoms with E-state index in [0.717, 1.165) is 28.3 Å². The van der Waals surface area contributed by atoms with Crippen LogP contribution in [0.2, 0.25) is 0 Å². The van der Waals surface area contributed by atoms with Crippen LogP contribution >= 0.6 is 0 Å². The largest absolute Gasteiger partial charge is 0.521 e. The number of imidazole rings is 1. The van der Waals surface area contributed by atoms with Gasteiger partial charge in [0.2, 0.25) is 0 Å². The van der Waals surface area contributed by atoms with Gasteiger partial charge in [0.15, 0.2) is 17.4 Å². The van der Waals surface area contributed by atoms with Crippen LogP contribution in [-0.4, -0.2) is 50.1 Å². The van der Waals surface area contributed by atoms with E-state index >= 15 is 0 Å². The minimum absolute atomic E-state index is 0. The summed E-state index contributed by atoms with van der Waals surface area (Å²) in [5, 5.41) is 9.14. The molecule has 0 fully saturated rings. The summed E-state index contributed by atoms with van der Waals surface area (Å²) in [6.45, 7) is 9.80. The van der Waals surface area contributed by atoms with Gasteiger partial charge in [-0.3, -0.25) is 11.8 Å². The number of hydrogen-bond donors (Lipinski definition) is 0. The third-order valence-electron chi connectivity index (χ3n) is 4.13. The van der Waals surface area contributed by atoms with Gasteiger partial charge in [-0.25, -0.2) is 14.2 Å². The van der Waals surface area contributed by atoms with Crippen LogP contribution in [0, 0.1) is 34.7 Å². The minimum atomic E-state index is -0.0791. The first-order valence-electron chi connectivity index (χ1n) is 7.69. The van der Waals surface area contributed by atoms with Gasteiger partial charge in [0, 0.05) is 52.4 Å². The normalized spacial score (nSPS) is 10.3. The Morgan fingerprint density at radius 1 is 1.23 bits per heavy atom. The first kappa shape index (κ1) is 22.5. The Labute approximate surface area is 180 Å². The predicted molar refractivity (Wildman–Crippen MR) is 96.2 cm³/mol. The number of carbonyl (C=O) groups is 1. The molecule has 0 atom stereocenters. The van der Waals surface area contributed by atoms with Gasteiger partial charge in [0.1, 0.15) is 0 Å². The van der Waals surface area contributed by atoms with Crippen LogP contribution in [0.25, 0.3) is 11.5 Å². The summed E-state index contributed by atoms with van der Waals surface area (Å²) in [4.78, 5) is 17.8. The number of hydrogen-bond acceptors (Lipinski definition) is 4. The van der Waals surface area contributed by atoms with Crippen molar-refractivity contribution in [1.29, 1.82) is 0 Å². The molecule has 132 valence electrons. The summed E-state index contributed by atoms with van der Waals surface area (Å²) in [5.41, 5.74) is 4.33. The SMILES string of the molecule is [B].[CH2-]CN([CH2-])C(=O)Cc1c(C)nn(-c2ccc3ncc(C)n3n2)c1C.[Y]. The molecular weight excluding hydrogens is 404 g/mol. The van der Waals surface area contributed by atoms with Gasteiger partial charge in [-0.1, -0.05) is 0 Å². The zero-order valence-corrected chi connectivity index (χ0v) is 18.1. The Balaban J connectivity index is 0.00000169.